The lowest BCUT2D eigenvalue weighted by Crippen LogP contribution is -2.50. The van der Waals surface area contributed by atoms with Gasteiger partial charge in [0.15, 0.2) is 0 Å². The number of nitrogens with zero attached hydrogens (tertiary/aromatic N) is 5. The molecule has 8 nitrogen and oxygen atoms in total. The predicted molar refractivity (Wildman–Crippen MR) is 122 cm³/mol. The van der Waals surface area contributed by atoms with E-state index >= 15 is 0 Å². The summed E-state index contributed by atoms with van der Waals surface area (Å²) in [4.78, 5) is 25.4. The van der Waals surface area contributed by atoms with Gasteiger partial charge in [-0.25, -0.2) is 12.8 Å². The first-order valence-corrected chi connectivity index (χ1v) is 12.4. The largest absolute Gasteiger partial charge is 0.367 e. The average molecular weight is 470 g/mol. The van der Waals surface area contributed by atoms with Crippen LogP contribution in [0.25, 0.3) is 10.9 Å². The number of sulfonamides is 1. The summed E-state index contributed by atoms with van der Waals surface area (Å²) in [5.41, 5.74) is 1.58. The molecule has 2 saturated heterocycles. The Kier molecular flexibility index (Phi) is 5.71. The third kappa shape index (κ3) is 4.16. The number of carbonyl (C=O) groups excluding carboxylic acids is 1. The zero-order valence-corrected chi connectivity index (χ0v) is 18.8. The van der Waals surface area contributed by atoms with Crippen LogP contribution in [0.1, 0.15) is 6.42 Å². The van der Waals surface area contributed by atoms with Gasteiger partial charge in [0.1, 0.15) is 10.7 Å². The Labute approximate surface area is 191 Å². The van der Waals surface area contributed by atoms with Gasteiger partial charge in [-0.3, -0.25) is 14.8 Å². The first-order chi connectivity index (χ1) is 15.9. The van der Waals surface area contributed by atoms with E-state index in [0.29, 0.717) is 44.7 Å². The minimum Gasteiger partial charge on any atom is -0.367 e. The van der Waals surface area contributed by atoms with Crippen molar-refractivity contribution in [3.63, 3.8) is 0 Å². The van der Waals surface area contributed by atoms with Gasteiger partial charge in [0.25, 0.3) is 0 Å². The van der Waals surface area contributed by atoms with Crippen LogP contribution in [-0.4, -0.2) is 72.8 Å². The molecule has 0 radical (unpaired) electrons. The van der Waals surface area contributed by atoms with Crippen LogP contribution in [0.2, 0.25) is 0 Å². The van der Waals surface area contributed by atoms with Crippen molar-refractivity contribution in [2.75, 3.05) is 44.2 Å². The molecule has 33 heavy (non-hydrogen) atoms. The van der Waals surface area contributed by atoms with Crippen molar-refractivity contribution in [3.05, 3.63) is 60.8 Å². The second-order valence-electron chi connectivity index (χ2n) is 8.34. The van der Waals surface area contributed by atoms with Crippen LogP contribution in [0.5, 0.6) is 0 Å². The van der Waals surface area contributed by atoms with Gasteiger partial charge in [-0.15, -0.1) is 0 Å². The van der Waals surface area contributed by atoms with Crippen LogP contribution in [0.3, 0.4) is 0 Å². The number of pyridine rings is 2. The predicted octanol–water partition coefficient (Wildman–Crippen LogP) is 2.13. The van der Waals surface area contributed by atoms with E-state index in [0.717, 1.165) is 11.1 Å². The first kappa shape index (κ1) is 21.7. The van der Waals surface area contributed by atoms with Crippen LogP contribution >= 0.6 is 0 Å². The number of fused-ring (bicyclic) bond motifs is 1. The molecular weight excluding hydrogens is 445 g/mol. The summed E-state index contributed by atoms with van der Waals surface area (Å²) in [6, 6.07) is 9.61. The number of aromatic nitrogens is 2. The minimum absolute atomic E-state index is 0.000180. The molecular formula is C23H24FN5O3S. The molecule has 4 heterocycles. The maximum atomic E-state index is 13.6. The van der Waals surface area contributed by atoms with E-state index in [9.17, 15) is 17.6 Å². The standard InChI is InChI=1S/C23H24FN5O3S/c24-18-3-4-20-21(14-18)26-8-5-22(20)27-10-12-28(13-11-27)23(30)17-6-9-29(16-17)33(31,32)19-2-1-7-25-15-19/h1-5,7-8,14-15,17H,6,9-13,16H2/t17-/m0/s1. The van der Waals surface area contributed by atoms with Crippen LogP contribution in [-0.2, 0) is 14.8 Å². The summed E-state index contributed by atoms with van der Waals surface area (Å²) < 4.78 is 40.6. The van der Waals surface area contributed by atoms with Crippen LogP contribution in [0, 0.1) is 11.7 Å². The van der Waals surface area contributed by atoms with E-state index < -0.39 is 10.0 Å². The lowest BCUT2D eigenvalue weighted by atomic mass is 10.1. The number of hydrogen-bond donors (Lipinski definition) is 0. The Bertz CT molecular complexity index is 1280. The average Bonchev–Trinajstić information content (AvgIpc) is 3.35. The van der Waals surface area contributed by atoms with Crippen molar-refractivity contribution in [1.82, 2.24) is 19.2 Å². The Balaban J connectivity index is 1.23. The number of anilines is 1. The molecule has 1 aromatic carbocycles. The Morgan fingerprint density at radius 1 is 1.03 bits per heavy atom. The maximum absolute atomic E-state index is 13.6. The fourth-order valence-electron chi connectivity index (χ4n) is 4.60. The van der Waals surface area contributed by atoms with Crippen molar-refractivity contribution in [3.8, 4) is 0 Å². The zero-order valence-electron chi connectivity index (χ0n) is 18.0. The third-order valence-electron chi connectivity index (χ3n) is 6.39. The third-order valence-corrected chi connectivity index (χ3v) is 8.23. The normalized spacial score (nSPS) is 19.8. The molecule has 2 aliphatic rings. The second-order valence-corrected chi connectivity index (χ2v) is 10.3. The van der Waals surface area contributed by atoms with Crippen LogP contribution in [0.15, 0.2) is 59.9 Å². The van der Waals surface area contributed by atoms with Crippen LogP contribution in [0.4, 0.5) is 10.1 Å². The van der Waals surface area contributed by atoms with E-state index in [1.807, 2.05) is 11.0 Å². The molecule has 0 bridgehead atoms. The fraction of sp³-hybridized carbons (Fsp3) is 0.348. The van der Waals surface area contributed by atoms with Gasteiger partial charge in [-0.05, 0) is 36.8 Å². The molecule has 0 spiro atoms. The van der Waals surface area contributed by atoms with Gasteiger partial charge >= 0.3 is 0 Å². The highest BCUT2D eigenvalue weighted by Crippen LogP contribution is 2.29. The van der Waals surface area contributed by atoms with Gasteiger partial charge < -0.3 is 9.80 Å². The molecule has 0 unspecified atom stereocenters. The molecule has 172 valence electrons. The number of hydrogen-bond acceptors (Lipinski definition) is 6. The molecule has 2 fully saturated rings. The topological polar surface area (TPSA) is 86.7 Å². The lowest BCUT2D eigenvalue weighted by molar-refractivity contribution is -0.135. The van der Waals surface area contributed by atoms with Crippen molar-refractivity contribution < 1.29 is 17.6 Å². The second kappa shape index (κ2) is 8.68. The van der Waals surface area contributed by atoms with E-state index in [-0.39, 0.29) is 29.1 Å². The van der Waals surface area contributed by atoms with Crippen molar-refractivity contribution in [2.45, 2.75) is 11.3 Å². The molecule has 2 aromatic heterocycles. The lowest BCUT2D eigenvalue weighted by Gasteiger charge is -2.37. The highest BCUT2D eigenvalue weighted by atomic mass is 32.2. The Morgan fingerprint density at radius 2 is 1.85 bits per heavy atom. The van der Waals surface area contributed by atoms with Gasteiger partial charge in [0.2, 0.25) is 15.9 Å². The number of carbonyl (C=O) groups is 1. The summed E-state index contributed by atoms with van der Waals surface area (Å²) >= 11 is 0. The number of halogens is 1. The summed E-state index contributed by atoms with van der Waals surface area (Å²) in [7, 11) is -3.65. The number of rotatable bonds is 4. The van der Waals surface area contributed by atoms with E-state index in [2.05, 4.69) is 14.9 Å². The van der Waals surface area contributed by atoms with E-state index in [4.69, 9.17) is 0 Å². The highest BCUT2D eigenvalue weighted by Gasteiger charge is 2.38. The molecule has 1 atom stereocenters. The van der Waals surface area contributed by atoms with Crippen molar-refractivity contribution in [1.29, 1.82) is 0 Å². The van der Waals surface area contributed by atoms with Gasteiger partial charge in [0.05, 0.1) is 11.4 Å². The molecule has 0 N–H and O–H groups in total. The van der Waals surface area contributed by atoms with Gasteiger partial charge in [-0.1, -0.05) is 0 Å². The monoisotopic (exact) mass is 469 g/mol. The summed E-state index contributed by atoms with van der Waals surface area (Å²) in [6.45, 7) is 2.91. The molecule has 10 heteroatoms. The summed E-state index contributed by atoms with van der Waals surface area (Å²) in [5.74, 6) is -0.661. The first-order valence-electron chi connectivity index (χ1n) is 10.9. The number of amides is 1. The maximum Gasteiger partial charge on any atom is 0.244 e. The minimum atomic E-state index is -3.65. The summed E-state index contributed by atoms with van der Waals surface area (Å²) in [5, 5.41) is 0.880. The molecule has 5 rings (SSSR count). The zero-order chi connectivity index (χ0) is 23.0. The molecule has 3 aromatic rings. The van der Waals surface area contributed by atoms with Gasteiger partial charge in [0, 0.05) is 75.0 Å². The quantitative estimate of drug-likeness (QED) is 0.582. The van der Waals surface area contributed by atoms with Crippen LogP contribution < -0.4 is 4.90 Å². The SMILES string of the molecule is O=C([C@H]1CCN(S(=O)(=O)c2cccnc2)C1)N1CCN(c2ccnc3cc(F)ccc23)CC1. The smallest absolute Gasteiger partial charge is 0.244 e. The van der Waals surface area contributed by atoms with E-state index in [1.54, 1.807) is 18.3 Å². The highest BCUT2D eigenvalue weighted by molar-refractivity contribution is 7.89. The number of piperazine rings is 1. The molecule has 2 aliphatic heterocycles. The molecule has 1 amide bonds. The van der Waals surface area contributed by atoms with Gasteiger partial charge in [-0.2, -0.15) is 4.31 Å². The molecule has 0 aliphatic carbocycles. The van der Waals surface area contributed by atoms with Crippen molar-refractivity contribution in [2.24, 2.45) is 5.92 Å². The van der Waals surface area contributed by atoms with E-state index in [1.165, 1.54) is 34.9 Å². The molecule has 0 saturated carbocycles. The Morgan fingerprint density at radius 3 is 2.61 bits per heavy atom. The van der Waals surface area contributed by atoms with Crippen molar-refractivity contribution >= 4 is 32.5 Å². The summed E-state index contributed by atoms with van der Waals surface area (Å²) in [6.07, 6.45) is 5.05. The Hall–Kier alpha value is -3.11. The fourth-order valence-corrected chi connectivity index (χ4v) is 6.07. The number of benzene rings is 1.